The highest BCUT2D eigenvalue weighted by Crippen LogP contribution is 2.27. The van der Waals surface area contributed by atoms with E-state index in [1.165, 1.54) is 6.07 Å². The summed E-state index contributed by atoms with van der Waals surface area (Å²) in [4.78, 5) is 28.7. The van der Waals surface area contributed by atoms with Gasteiger partial charge in [-0.1, -0.05) is 0 Å². The first kappa shape index (κ1) is 20.9. The van der Waals surface area contributed by atoms with Crippen LogP contribution in [0.5, 0.6) is 0 Å². The molecule has 1 fully saturated rings. The van der Waals surface area contributed by atoms with Crippen LogP contribution in [0.3, 0.4) is 0 Å². The molecule has 1 aliphatic rings. The van der Waals surface area contributed by atoms with Gasteiger partial charge in [-0.25, -0.2) is 28.7 Å². The lowest BCUT2D eigenvalue weighted by Gasteiger charge is -2.30. The highest BCUT2D eigenvalue weighted by Gasteiger charge is 2.26. The third-order valence-corrected chi connectivity index (χ3v) is 5.63. The summed E-state index contributed by atoms with van der Waals surface area (Å²) < 4.78 is 29.9. The van der Waals surface area contributed by atoms with Crippen LogP contribution >= 0.6 is 0 Å². The summed E-state index contributed by atoms with van der Waals surface area (Å²) in [6.45, 7) is 0. The molecule has 4 aromatic heterocycles. The molecule has 10 nitrogen and oxygen atoms in total. The molecule has 1 amide bonds. The zero-order valence-electron chi connectivity index (χ0n) is 17.7. The van der Waals surface area contributed by atoms with Crippen molar-refractivity contribution in [2.75, 3.05) is 5.32 Å². The first-order chi connectivity index (χ1) is 16.0. The third kappa shape index (κ3) is 4.36. The zero-order valence-corrected chi connectivity index (χ0v) is 17.7. The lowest BCUT2D eigenvalue weighted by atomic mass is 9.91. The minimum absolute atomic E-state index is 0.0359. The predicted octanol–water partition coefficient (Wildman–Crippen LogP) is 2.58. The molecule has 0 aliphatic heterocycles. The number of rotatable bonds is 5. The Balaban J connectivity index is 1.31. The predicted molar refractivity (Wildman–Crippen MR) is 115 cm³/mol. The number of carbonyl (C=O) groups excluding carboxylic acids is 1. The Kier molecular flexibility index (Phi) is 5.40. The quantitative estimate of drug-likeness (QED) is 0.424. The minimum atomic E-state index is -0.605. The average Bonchev–Trinajstić information content (AvgIpc) is 3.42. The molecule has 1 aliphatic carbocycles. The SMILES string of the molecule is Cn1cnc(C(=O)N[C@@H]2CCC[C@H](Nc3nc(-c4[nH]nc5ncc(F)cc45)ncc3F)C2)c1. The van der Waals surface area contributed by atoms with Gasteiger partial charge < -0.3 is 15.2 Å². The van der Waals surface area contributed by atoms with Gasteiger partial charge in [-0.3, -0.25) is 9.89 Å². The smallest absolute Gasteiger partial charge is 0.271 e. The third-order valence-electron chi connectivity index (χ3n) is 5.63. The molecule has 4 heterocycles. The van der Waals surface area contributed by atoms with E-state index in [9.17, 15) is 13.6 Å². The van der Waals surface area contributed by atoms with E-state index < -0.39 is 11.6 Å². The number of hydrogen-bond acceptors (Lipinski definition) is 7. The molecule has 0 radical (unpaired) electrons. The summed E-state index contributed by atoms with van der Waals surface area (Å²) in [5, 5.41) is 13.3. The fraction of sp³-hybridized carbons (Fsp3) is 0.333. The first-order valence-electron chi connectivity index (χ1n) is 10.5. The van der Waals surface area contributed by atoms with Gasteiger partial charge >= 0.3 is 0 Å². The van der Waals surface area contributed by atoms with Crippen LogP contribution in [0.25, 0.3) is 22.6 Å². The molecular formula is C21H21F2N9O. The Hall–Kier alpha value is -3.96. The van der Waals surface area contributed by atoms with Crippen molar-refractivity contribution >= 4 is 22.8 Å². The zero-order chi connectivity index (χ0) is 22.9. The highest BCUT2D eigenvalue weighted by atomic mass is 19.1. The number of H-pyrrole nitrogens is 1. The molecule has 0 spiro atoms. The number of anilines is 1. The number of nitrogens with one attached hydrogen (secondary N) is 3. The molecule has 4 aromatic rings. The Bertz CT molecular complexity index is 1320. The maximum Gasteiger partial charge on any atom is 0.271 e. The molecule has 5 rings (SSSR count). The van der Waals surface area contributed by atoms with Gasteiger partial charge in [0.1, 0.15) is 17.2 Å². The van der Waals surface area contributed by atoms with Gasteiger partial charge in [-0.05, 0) is 31.7 Å². The van der Waals surface area contributed by atoms with Gasteiger partial charge in [0.25, 0.3) is 5.91 Å². The van der Waals surface area contributed by atoms with Crippen LogP contribution in [0.15, 0.2) is 31.0 Å². The van der Waals surface area contributed by atoms with E-state index in [0.29, 0.717) is 28.8 Å². The van der Waals surface area contributed by atoms with Crippen molar-refractivity contribution in [2.24, 2.45) is 7.05 Å². The molecule has 3 N–H and O–H groups in total. The second-order valence-corrected chi connectivity index (χ2v) is 8.12. The number of nitrogens with zero attached hydrogens (tertiary/aromatic N) is 6. The van der Waals surface area contributed by atoms with Crippen LogP contribution in [-0.2, 0) is 7.05 Å². The molecule has 0 unspecified atom stereocenters. The monoisotopic (exact) mass is 453 g/mol. The normalized spacial score (nSPS) is 18.4. The first-order valence-corrected chi connectivity index (χ1v) is 10.5. The van der Waals surface area contributed by atoms with Gasteiger partial charge in [-0.2, -0.15) is 5.10 Å². The van der Waals surface area contributed by atoms with Crippen molar-refractivity contribution in [3.05, 3.63) is 48.3 Å². The van der Waals surface area contributed by atoms with Gasteiger partial charge in [0, 0.05) is 25.3 Å². The van der Waals surface area contributed by atoms with Crippen LogP contribution < -0.4 is 10.6 Å². The summed E-state index contributed by atoms with van der Waals surface area (Å²) in [5.41, 5.74) is 1.02. The van der Waals surface area contributed by atoms with Gasteiger partial charge in [-0.15, -0.1) is 0 Å². The second kappa shape index (κ2) is 8.52. The average molecular weight is 453 g/mol. The van der Waals surface area contributed by atoms with E-state index in [2.05, 4.69) is 40.8 Å². The molecule has 12 heteroatoms. The minimum Gasteiger partial charge on any atom is -0.365 e. The molecular weight excluding hydrogens is 432 g/mol. The van der Waals surface area contributed by atoms with E-state index in [0.717, 1.165) is 31.7 Å². The van der Waals surface area contributed by atoms with Crippen LogP contribution in [0, 0.1) is 11.6 Å². The summed E-state index contributed by atoms with van der Waals surface area (Å²) in [6.07, 6.45) is 8.46. The van der Waals surface area contributed by atoms with E-state index in [1.807, 2.05) is 0 Å². The second-order valence-electron chi connectivity index (χ2n) is 8.12. The number of aromatic nitrogens is 7. The van der Waals surface area contributed by atoms with Crippen molar-refractivity contribution in [1.82, 2.24) is 40.0 Å². The van der Waals surface area contributed by atoms with Crippen molar-refractivity contribution in [2.45, 2.75) is 37.8 Å². The Labute approximate surface area is 186 Å². The van der Waals surface area contributed by atoms with Crippen LogP contribution in [0.1, 0.15) is 36.2 Å². The van der Waals surface area contributed by atoms with Gasteiger partial charge in [0.15, 0.2) is 23.1 Å². The molecule has 2 atom stereocenters. The summed E-state index contributed by atoms with van der Waals surface area (Å²) >= 11 is 0. The van der Waals surface area contributed by atoms with E-state index in [-0.39, 0.29) is 29.6 Å². The molecule has 33 heavy (non-hydrogen) atoms. The van der Waals surface area contributed by atoms with Crippen LogP contribution in [-0.4, -0.2) is 52.7 Å². The number of halogens is 2. The standard InChI is InChI=1S/C21H21F2N9O/c1-32-9-16(26-10-32)21(33)28-13-4-2-3-12(6-13)27-19-15(23)8-25-20(29-19)17-14-5-11(22)7-24-18(14)31-30-17/h5,7-10,12-13H,2-4,6H2,1H3,(H,28,33)(H,24,30,31)(H,25,27,29)/t12-,13+/m0/s1. The number of amides is 1. The summed E-state index contributed by atoms with van der Waals surface area (Å²) in [6, 6.07) is 1.11. The highest BCUT2D eigenvalue weighted by molar-refractivity contribution is 5.92. The molecule has 170 valence electrons. The van der Waals surface area contributed by atoms with Crippen molar-refractivity contribution in [3.8, 4) is 11.5 Å². The van der Waals surface area contributed by atoms with Crippen molar-refractivity contribution in [1.29, 1.82) is 0 Å². The van der Waals surface area contributed by atoms with E-state index in [1.54, 1.807) is 24.1 Å². The fourth-order valence-corrected chi connectivity index (χ4v) is 4.07. The summed E-state index contributed by atoms with van der Waals surface area (Å²) in [7, 11) is 1.80. The largest absolute Gasteiger partial charge is 0.365 e. The maximum absolute atomic E-state index is 14.5. The Morgan fingerprint density at radius 3 is 2.85 bits per heavy atom. The Morgan fingerprint density at radius 2 is 2.03 bits per heavy atom. The van der Waals surface area contributed by atoms with Gasteiger partial charge in [0.05, 0.1) is 24.1 Å². The molecule has 0 saturated heterocycles. The molecule has 0 bridgehead atoms. The number of aryl methyl sites for hydroxylation is 1. The van der Waals surface area contributed by atoms with Crippen molar-refractivity contribution in [3.63, 3.8) is 0 Å². The fourth-order valence-electron chi connectivity index (χ4n) is 4.07. The number of fused-ring (bicyclic) bond motifs is 1. The number of hydrogen-bond donors (Lipinski definition) is 3. The Morgan fingerprint density at radius 1 is 1.18 bits per heavy atom. The molecule has 1 saturated carbocycles. The van der Waals surface area contributed by atoms with Crippen molar-refractivity contribution < 1.29 is 13.6 Å². The van der Waals surface area contributed by atoms with Crippen LogP contribution in [0.2, 0.25) is 0 Å². The van der Waals surface area contributed by atoms with E-state index >= 15 is 0 Å². The summed E-state index contributed by atoms with van der Waals surface area (Å²) in [5.74, 6) is -1.15. The lowest BCUT2D eigenvalue weighted by Crippen LogP contribution is -2.42. The number of imidazole rings is 1. The lowest BCUT2D eigenvalue weighted by molar-refractivity contribution is 0.0921. The van der Waals surface area contributed by atoms with E-state index in [4.69, 9.17) is 0 Å². The number of carbonyl (C=O) groups is 1. The number of aromatic amines is 1. The molecule has 0 aromatic carbocycles. The van der Waals surface area contributed by atoms with Crippen LogP contribution in [0.4, 0.5) is 14.6 Å². The van der Waals surface area contributed by atoms with Gasteiger partial charge in [0.2, 0.25) is 0 Å². The number of pyridine rings is 1. The topological polar surface area (TPSA) is 126 Å². The maximum atomic E-state index is 14.5.